The third-order valence-corrected chi connectivity index (χ3v) is 3.66. The van der Waals surface area contributed by atoms with Gasteiger partial charge in [0.25, 0.3) is 0 Å². The van der Waals surface area contributed by atoms with Crippen LogP contribution in [0.25, 0.3) is 5.57 Å². The summed E-state index contributed by atoms with van der Waals surface area (Å²) in [6, 6.07) is 4.42. The number of aryl methyl sites for hydroxylation is 3. The highest BCUT2D eigenvalue weighted by molar-refractivity contribution is 5.89. The van der Waals surface area contributed by atoms with Gasteiger partial charge in [0.15, 0.2) is 0 Å². The van der Waals surface area contributed by atoms with Crippen molar-refractivity contribution >= 4 is 11.9 Å². The van der Waals surface area contributed by atoms with Gasteiger partial charge in [-0.3, -0.25) is 4.79 Å². The molecule has 0 aliphatic rings. The van der Waals surface area contributed by atoms with Crippen molar-refractivity contribution < 1.29 is 4.79 Å². The summed E-state index contributed by atoms with van der Waals surface area (Å²) in [5.74, 6) is 0. The van der Waals surface area contributed by atoms with E-state index >= 15 is 0 Å². The highest BCUT2D eigenvalue weighted by Crippen LogP contribution is 2.30. The molecule has 0 bridgehead atoms. The van der Waals surface area contributed by atoms with Crippen molar-refractivity contribution in [2.75, 3.05) is 0 Å². The number of rotatable bonds is 6. The molecule has 19 heavy (non-hydrogen) atoms. The molecule has 0 aliphatic heterocycles. The number of carbonyl (C=O) groups excluding carboxylic acids is 1. The fourth-order valence-corrected chi connectivity index (χ4v) is 2.80. The van der Waals surface area contributed by atoms with Crippen molar-refractivity contribution in [3.05, 3.63) is 40.0 Å². The van der Waals surface area contributed by atoms with Crippen LogP contribution in [0.3, 0.4) is 0 Å². The molecule has 1 rings (SSSR count). The molecule has 0 saturated heterocycles. The molecule has 0 aliphatic carbocycles. The average Bonchev–Trinajstić information content (AvgIpc) is 2.35. The summed E-state index contributed by atoms with van der Waals surface area (Å²) in [4.78, 5) is 11.2. The van der Waals surface area contributed by atoms with Crippen LogP contribution in [0, 0.1) is 20.8 Å². The van der Waals surface area contributed by atoms with E-state index in [0.717, 1.165) is 24.7 Å². The second-order valence-electron chi connectivity index (χ2n) is 5.51. The number of allylic oxidation sites excluding steroid dienone is 2. The Bertz CT molecular complexity index is 457. The van der Waals surface area contributed by atoms with Gasteiger partial charge in [-0.25, -0.2) is 0 Å². The first kappa shape index (κ1) is 15.7. The quantitative estimate of drug-likeness (QED) is 0.391. The summed E-state index contributed by atoms with van der Waals surface area (Å²) >= 11 is 0. The number of carbonyl (C=O) groups is 1. The Balaban J connectivity index is 3.23. The number of hydrogen-bond acceptors (Lipinski definition) is 1. The maximum atomic E-state index is 11.2. The molecule has 0 saturated carbocycles. The average molecular weight is 258 g/mol. The van der Waals surface area contributed by atoms with Gasteiger partial charge in [-0.15, -0.1) is 0 Å². The smallest absolute Gasteiger partial charge is 0.146 e. The summed E-state index contributed by atoms with van der Waals surface area (Å²) < 4.78 is 0. The Morgan fingerprint density at radius 3 is 2.16 bits per heavy atom. The predicted octanol–water partition coefficient (Wildman–Crippen LogP) is 5.16. The standard InChI is InChI=1S/C18H26O/c1-6-7-8-9-17(16(5)12-19)18-14(3)10-13(2)11-15(18)4/h10-12H,6-9H2,1-5H3/b17-16-. The topological polar surface area (TPSA) is 17.1 Å². The van der Waals surface area contributed by atoms with Crippen LogP contribution in [0.4, 0.5) is 0 Å². The normalized spacial score (nSPS) is 12.3. The van der Waals surface area contributed by atoms with Crippen molar-refractivity contribution in [2.45, 2.75) is 60.3 Å². The minimum absolute atomic E-state index is 0.881. The van der Waals surface area contributed by atoms with Crippen LogP contribution in [0.15, 0.2) is 17.7 Å². The fourth-order valence-electron chi connectivity index (χ4n) is 2.80. The van der Waals surface area contributed by atoms with E-state index < -0.39 is 0 Å². The van der Waals surface area contributed by atoms with E-state index in [9.17, 15) is 4.79 Å². The third-order valence-electron chi connectivity index (χ3n) is 3.66. The molecule has 104 valence electrons. The zero-order valence-electron chi connectivity index (χ0n) is 13.0. The zero-order valence-corrected chi connectivity index (χ0v) is 13.0. The minimum Gasteiger partial charge on any atom is -0.298 e. The van der Waals surface area contributed by atoms with Crippen molar-refractivity contribution in [2.24, 2.45) is 0 Å². The lowest BCUT2D eigenvalue weighted by Gasteiger charge is -2.16. The fraction of sp³-hybridized carbons (Fsp3) is 0.500. The van der Waals surface area contributed by atoms with Gasteiger partial charge in [0.05, 0.1) is 0 Å². The lowest BCUT2D eigenvalue weighted by molar-refractivity contribution is -0.104. The van der Waals surface area contributed by atoms with Crippen molar-refractivity contribution in [3.63, 3.8) is 0 Å². The minimum atomic E-state index is 0.881. The zero-order chi connectivity index (χ0) is 14.4. The molecule has 0 heterocycles. The molecule has 1 aromatic carbocycles. The second-order valence-corrected chi connectivity index (χ2v) is 5.51. The molecule has 0 N–H and O–H groups in total. The van der Waals surface area contributed by atoms with Gasteiger partial charge in [0, 0.05) is 0 Å². The van der Waals surface area contributed by atoms with E-state index in [0.29, 0.717) is 0 Å². The lowest BCUT2D eigenvalue weighted by atomic mass is 9.88. The van der Waals surface area contributed by atoms with E-state index in [1.165, 1.54) is 40.7 Å². The largest absolute Gasteiger partial charge is 0.298 e. The van der Waals surface area contributed by atoms with Crippen LogP contribution in [0.2, 0.25) is 0 Å². The molecule has 0 spiro atoms. The molecule has 0 atom stereocenters. The van der Waals surface area contributed by atoms with Gasteiger partial charge in [-0.05, 0) is 68.4 Å². The molecule has 0 aromatic heterocycles. The number of aldehydes is 1. The Morgan fingerprint density at radius 2 is 1.68 bits per heavy atom. The Hall–Kier alpha value is -1.37. The summed E-state index contributed by atoms with van der Waals surface area (Å²) in [6.45, 7) is 10.6. The van der Waals surface area contributed by atoms with E-state index in [1.807, 2.05) is 6.92 Å². The summed E-state index contributed by atoms with van der Waals surface area (Å²) in [5, 5.41) is 0. The highest BCUT2D eigenvalue weighted by atomic mass is 16.1. The Morgan fingerprint density at radius 1 is 1.11 bits per heavy atom. The van der Waals surface area contributed by atoms with Gasteiger partial charge in [0.2, 0.25) is 0 Å². The van der Waals surface area contributed by atoms with Crippen LogP contribution in [-0.2, 0) is 4.79 Å². The van der Waals surface area contributed by atoms with Gasteiger partial charge in [-0.2, -0.15) is 0 Å². The molecular weight excluding hydrogens is 232 g/mol. The summed E-state index contributed by atoms with van der Waals surface area (Å²) in [7, 11) is 0. The van der Waals surface area contributed by atoms with Crippen LogP contribution in [-0.4, -0.2) is 6.29 Å². The maximum Gasteiger partial charge on any atom is 0.146 e. The van der Waals surface area contributed by atoms with Crippen LogP contribution in [0.1, 0.15) is 61.8 Å². The van der Waals surface area contributed by atoms with Crippen LogP contribution >= 0.6 is 0 Å². The molecule has 0 radical (unpaired) electrons. The van der Waals surface area contributed by atoms with Gasteiger partial charge in [-0.1, -0.05) is 37.5 Å². The molecule has 1 aromatic rings. The number of hydrogen-bond donors (Lipinski definition) is 0. The Kier molecular flexibility index (Phi) is 6.01. The SMILES string of the molecule is CCCCC/C(=C(\C)C=O)c1c(C)cc(C)cc1C. The molecule has 0 amide bonds. The third kappa shape index (κ3) is 4.05. The molecule has 0 unspecified atom stereocenters. The summed E-state index contributed by atoms with van der Waals surface area (Å²) in [6.07, 6.45) is 5.59. The van der Waals surface area contributed by atoms with Crippen LogP contribution in [0.5, 0.6) is 0 Å². The summed E-state index contributed by atoms with van der Waals surface area (Å²) in [5.41, 5.74) is 7.25. The first-order valence-electron chi connectivity index (χ1n) is 7.24. The van der Waals surface area contributed by atoms with E-state index in [2.05, 4.69) is 39.8 Å². The van der Waals surface area contributed by atoms with Gasteiger partial charge >= 0.3 is 0 Å². The number of benzene rings is 1. The Labute approximate surface area is 117 Å². The maximum absolute atomic E-state index is 11.2. The molecular formula is C18H26O. The van der Waals surface area contributed by atoms with Crippen molar-refractivity contribution in [1.82, 2.24) is 0 Å². The van der Waals surface area contributed by atoms with E-state index in [4.69, 9.17) is 0 Å². The molecule has 1 heteroatoms. The van der Waals surface area contributed by atoms with Crippen molar-refractivity contribution in [3.8, 4) is 0 Å². The van der Waals surface area contributed by atoms with Crippen LogP contribution < -0.4 is 0 Å². The lowest BCUT2D eigenvalue weighted by Crippen LogP contribution is -1.99. The number of unbranched alkanes of at least 4 members (excludes halogenated alkanes) is 2. The van der Waals surface area contributed by atoms with Gasteiger partial charge < -0.3 is 0 Å². The molecule has 0 fully saturated rings. The van der Waals surface area contributed by atoms with E-state index in [1.54, 1.807) is 0 Å². The second kappa shape index (κ2) is 7.28. The van der Waals surface area contributed by atoms with E-state index in [-0.39, 0.29) is 0 Å². The predicted molar refractivity (Wildman–Crippen MR) is 83.5 cm³/mol. The van der Waals surface area contributed by atoms with Crippen molar-refractivity contribution in [1.29, 1.82) is 0 Å². The molecule has 1 nitrogen and oxygen atoms in total. The monoisotopic (exact) mass is 258 g/mol. The van der Waals surface area contributed by atoms with Gasteiger partial charge in [0.1, 0.15) is 6.29 Å². The first-order valence-corrected chi connectivity index (χ1v) is 7.24. The highest BCUT2D eigenvalue weighted by Gasteiger charge is 2.12. The first-order chi connectivity index (χ1) is 9.01.